The van der Waals surface area contributed by atoms with Crippen molar-refractivity contribution < 1.29 is 13.9 Å². The maximum Gasteiger partial charge on any atom is 0.219 e. The predicted molar refractivity (Wildman–Crippen MR) is 57.7 cm³/mol. The molecule has 4 heteroatoms. The van der Waals surface area contributed by atoms with Gasteiger partial charge in [0.1, 0.15) is 11.6 Å². The first kappa shape index (κ1) is 10.9. The standard InChI is InChI=1S/C12H14FNO2/c1-8(15)14(2)11-5-6-16-12-7-9(13)3-4-10(11)12/h3-4,7,11H,5-6H2,1-2H3. The van der Waals surface area contributed by atoms with Gasteiger partial charge in [0.2, 0.25) is 5.91 Å². The van der Waals surface area contributed by atoms with Crippen LogP contribution in [0.5, 0.6) is 5.75 Å². The molecule has 0 saturated heterocycles. The molecule has 1 unspecified atom stereocenters. The van der Waals surface area contributed by atoms with E-state index in [2.05, 4.69) is 0 Å². The molecular weight excluding hydrogens is 209 g/mol. The zero-order valence-electron chi connectivity index (χ0n) is 9.37. The van der Waals surface area contributed by atoms with Crippen LogP contribution in [0.4, 0.5) is 4.39 Å². The molecule has 0 radical (unpaired) electrons. The van der Waals surface area contributed by atoms with E-state index in [4.69, 9.17) is 4.74 Å². The summed E-state index contributed by atoms with van der Waals surface area (Å²) in [6.07, 6.45) is 0.745. The molecule has 2 rings (SSSR count). The van der Waals surface area contributed by atoms with Crippen LogP contribution in [-0.2, 0) is 4.79 Å². The third kappa shape index (κ3) is 1.87. The third-order valence-electron chi connectivity index (χ3n) is 2.95. The van der Waals surface area contributed by atoms with Crippen LogP contribution in [0.3, 0.4) is 0 Å². The Morgan fingerprint density at radius 1 is 1.56 bits per heavy atom. The number of hydrogen-bond acceptors (Lipinski definition) is 2. The van der Waals surface area contributed by atoms with E-state index in [9.17, 15) is 9.18 Å². The van der Waals surface area contributed by atoms with Crippen molar-refractivity contribution in [3.05, 3.63) is 29.6 Å². The highest BCUT2D eigenvalue weighted by Crippen LogP contribution is 2.35. The first-order valence-corrected chi connectivity index (χ1v) is 5.25. The fourth-order valence-corrected chi connectivity index (χ4v) is 1.97. The minimum Gasteiger partial charge on any atom is -0.493 e. The quantitative estimate of drug-likeness (QED) is 0.730. The molecule has 86 valence electrons. The summed E-state index contributed by atoms with van der Waals surface area (Å²) < 4.78 is 18.4. The Balaban J connectivity index is 2.36. The van der Waals surface area contributed by atoms with Gasteiger partial charge in [-0.2, -0.15) is 0 Å². The van der Waals surface area contributed by atoms with Crippen molar-refractivity contribution in [3.63, 3.8) is 0 Å². The van der Waals surface area contributed by atoms with Crippen LogP contribution in [0.25, 0.3) is 0 Å². The number of amides is 1. The van der Waals surface area contributed by atoms with Crippen LogP contribution in [0.1, 0.15) is 24.9 Å². The van der Waals surface area contributed by atoms with Crippen LogP contribution in [0.2, 0.25) is 0 Å². The number of nitrogens with zero attached hydrogens (tertiary/aromatic N) is 1. The molecule has 3 nitrogen and oxygen atoms in total. The molecule has 1 aromatic rings. The average molecular weight is 223 g/mol. The molecule has 0 aliphatic carbocycles. The Morgan fingerprint density at radius 2 is 2.31 bits per heavy atom. The van der Waals surface area contributed by atoms with E-state index in [-0.39, 0.29) is 17.8 Å². The Hall–Kier alpha value is -1.58. The minimum atomic E-state index is -0.315. The first-order chi connectivity index (χ1) is 7.59. The van der Waals surface area contributed by atoms with Gasteiger partial charge in [-0.1, -0.05) is 6.07 Å². The van der Waals surface area contributed by atoms with Crippen molar-refractivity contribution in [3.8, 4) is 5.75 Å². The second kappa shape index (κ2) is 4.12. The van der Waals surface area contributed by atoms with Crippen LogP contribution < -0.4 is 4.74 Å². The number of fused-ring (bicyclic) bond motifs is 1. The highest BCUT2D eigenvalue weighted by Gasteiger charge is 2.26. The first-order valence-electron chi connectivity index (χ1n) is 5.25. The zero-order valence-corrected chi connectivity index (χ0v) is 9.37. The van der Waals surface area contributed by atoms with Crippen molar-refractivity contribution in [1.29, 1.82) is 0 Å². The van der Waals surface area contributed by atoms with Gasteiger partial charge in [-0.15, -0.1) is 0 Å². The maximum atomic E-state index is 13.0. The molecule has 1 amide bonds. The molecule has 1 aliphatic rings. The number of carbonyl (C=O) groups excluding carboxylic acids is 1. The fourth-order valence-electron chi connectivity index (χ4n) is 1.97. The monoisotopic (exact) mass is 223 g/mol. The summed E-state index contributed by atoms with van der Waals surface area (Å²) in [5.74, 6) is 0.233. The average Bonchev–Trinajstić information content (AvgIpc) is 2.26. The molecule has 1 aliphatic heterocycles. The van der Waals surface area contributed by atoms with Crippen molar-refractivity contribution in [2.45, 2.75) is 19.4 Å². The number of carbonyl (C=O) groups is 1. The largest absolute Gasteiger partial charge is 0.493 e. The van der Waals surface area contributed by atoms with Crippen LogP contribution in [0.15, 0.2) is 18.2 Å². The Morgan fingerprint density at radius 3 is 3.00 bits per heavy atom. The van der Waals surface area contributed by atoms with Crippen molar-refractivity contribution in [2.75, 3.05) is 13.7 Å². The molecule has 0 saturated carbocycles. The molecule has 1 atom stereocenters. The summed E-state index contributed by atoms with van der Waals surface area (Å²) in [5.41, 5.74) is 0.880. The predicted octanol–water partition coefficient (Wildman–Crippen LogP) is 2.13. The Labute approximate surface area is 93.8 Å². The van der Waals surface area contributed by atoms with Gasteiger partial charge in [-0.3, -0.25) is 4.79 Å². The third-order valence-corrected chi connectivity index (χ3v) is 2.95. The summed E-state index contributed by atoms with van der Waals surface area (Å²) >= 11 is 0. The molecule has 0 bridgehead atoms. The van der Waals surface area contributed by atoms with E-state index >= 15 is 0 Å². The maximum absolute atomic E-state index is 13.0. The second-order valence-electron chi connectivity index (χ2n) is 3.97. The van der Waals surface area contributed by atoms with E-state index in [1.54, 1.807) is 18.0 Å². The lowest BCUT2D eigenvalue weighted by atomic mass is 9.99. The molecule has 0 aromatic heterocycles. The van der Waals surface area contributed by atoms with Gasteiger partial charge < -0.3 is 9.64 Å². The molecular formula is C12H14FNO2. The van der Waals surface area contributed by atoms with Gasteiger partial charge in [0.15, 0.2) is 0 Å². The minimum absolute atomic E-state index is 0.00201. The number of ether oxygens (including phenoxy) is 1. The number of halogens is 1. The molecule has 0 spiro atoms. The van der Waals surface area contributed by atoms with Crippen molar-refractivity contribution in [2.24, 2.45) is 0 Å². The van der Waals surface area contributed by atoms with E-state index in [1.165, 1.54) is 19.1 Å². The number of benzene rings is 1. The summed E-state index contributed by atoms with van der Waals surface area (Å²) in [6.45, 7) is 2.04. The summed E-state index contributed by atoms with van der Waals surface area (Å²) in [5, 5.41) is 0. The van der Waals surface area contributed by atoms with Gasteiger partial charge >= 0.3 is 0 Å². The second-order valence-corrected chi connectivity index (χ2v) is 3.97. The van der Waals surface area contributed by atoms with E-state index in [0.717, 1.165) is 12.0 Å². The van der Waals surface area contributed by atoms with Gasteiger partial charge in [-0.05, 0) is 6.07 Å². The fraction of sp³-hybridized carbons (Fsp3) is 0.417. The van der Waals surface area contributed by atoms with Crippen molar-refractivity contribution in [1.82, 2.24) is 4.90 Å². The molecule has 0 fully saturated rings. The lowest BCUT2D eigenvalue weighted by molar-refractivity contribution is -0.130. The highest BCUT2D eigenvalue weighted by molar-refractivity contribution is 5.73. The topological polar surface area (TPSA) is 29.5 Å². The van der Waals surface area contributed by atoms with E-state index < -0.39 is 0 Å². The van der Waals surface area contributed by atoms with Crippen LogP contribution >= 0.6 is 0 Å². The SMILES string of the molecule is CC(=O)N(C)C1CCOc2cc(F)ccc21. The van der Waals surface area contributed by atoms with Crippen molar-refractivity contribution >= 4 is 5.91 Å². The van der Waals surface area contributed by atoms with Crippen LogP contribution in [0, 0.1) is 5.82 Å². The Kier molecular flexibility index (Phi) is 2.81. The number of rotatable bonds is 1. The molecule has 0 N–H and O–H groups in total. The lowest BCUT2D eigenvalue weighted by Gasteiger charge is -2.32. The van der Waals surface area contributed by atoms with Gasteiger partial charge in [0.05, 0.1) is 12.6 Å². The van der Waals surface area contributed by atoms with Crippen LogP contribution in [-0.4, -0.2) is 24.5 Å². The van der Waals surface area contributed by atoms with Gasteiger partial charge in [0.25, 0.3) is 0 Å². The summed E-state index contributed by atoms with van der Waals surface area (Å²) in [6, 6.07) is 4.44. The van der Waals surface area contributed by atoms with Gasteiger partial charge in [-0.25, -0.2) is 4.39 Å². The smallest absolute Gasteiger partial charge is 0.219 e. The Bertz CT molecular complexity index is 419. The van der Waals surface area contributed by atoms with E-state index in [0.29, 0.717) is 12.4 Å². The summed E-state index contributed by atoms with van der Waals surface area (Å²) in [7, 11) is 1.76. The highest BCUT2D eigenvalue weighted by atomic mass is 19.1. The van der Waals surface area contributed by atoms with Gasteiger partial charge in [0, 0.05) is 32.0 Å². The molecule has 1 aromatic carbocycles. The number of hydrogen-bond donors (Lipinski definition) is 0. The molecule has 16 heavy (non-hydrogen) atoms. The van der Waals surface area contributed by atoms with E-state index in [1.807, 2.05) is 0 Å². The molecule has 1 heterocycles. The zero-order chi connectivity index (χ0) is 11.7. The normalized spacial score (nSPS) is 18.6. The lowest BCUT2D eigenvalue weighted by Crippen LogP contribution is -2.32. The summed E-state index contributed by atoms with van der Waals surface area (Å²) in [4.78, 5) is 13.0.